The van der Waals surface area contributed by atoms with Crippen LogP contribution < -0.4 is 5.56 Å². The van der Waals surface area contributed by atoms with E-state index in [1.807, 2.05) is 36.4 Å². The van der Waals surface area contributed by atoms with Crippen LogP contribution in [0.25, 0.3) is 11.3 Å². The van der Waals surface area contributed by atoms with Gasteiger partial charge in [-0.25, -0.2) is 4.98 Å². The van der Waals surface area contributed by atoms with Gasteiger partial charge < -0.3 is 4.98 Å². The van der Waals surface area contributed by atoms with Crippen LogP contribution in [-0.4, -0.2) is 15.0 Å². The van der Waals surface area contributed by atoms with E-state index in [0.717, 1.165) is 5.56 Å². The fourth-order valence-electron chi connectivity index (χ4n) is 2.06. The molecule has 1 N–H and O–H groups in total. The molecule has 0 aliphatic rings. The minimum atomic E-state index is -0.433. The molecule has 0 saturated heterocycles. The molecule has 0 spiro atoms. The van der Waals surface area contributed by atoms with Crippen LogP contribution in [0.15, 0.2) is 64.8 Å². The predicted molar refractivity (Wildman–Crippen MR) is 88.8 cm³/mol. The SMILES string of the molecule is N#Cc1c(-c2cccnc2)nc(SCc2ccccc2)[nH]c1=O. The van der Waals surface area contributed by atoms with Gasteiger partial charge in [-0.2, -0.15) is 5.26 Å². The number of hydrogen-bond acceptors (Lipinski definition) is 5. The fourth-order valence-corrected chi connectivity index (χ4v) is 2.88. The number of rotatable bonds is 4. The van der Waals surface area contributed by atoms with E-state index in [1.165, 1.54) is 11.8 Å². The minimum Gasteiger partial charge on any atom is -0.300 e. The number of pyridine rings is 1. The molecular weight excluding hydrogens is 308 g/mol. The second kappa shape index (κ2) is 6.90. The van der Waals surface area contributed by atoms with E-state index in [1.54, 1.807) is 24.5 Å². The lowest BCUT2D eigenvalue weighted by molar-refractivity contribution is 0.933. The summed E-state index contributed by atoms with van der Waals surface area (Å²) in [4.78, 5) is 23.2. The topological polar surface area (TPSA) is 82.4 Å². The fraction of sp³-hybridized carbons (Fsp3) is 0.0588. The molecule has 0 aliphatic heterocycles. The molecule has 0 radical (unpaired) electrons. The second-order valence-electron chi connectivity index (χ2n) is 4.72. The molecule has 0 unspecified atom stereocenters. The number of benzene rings is 1. The smallest absolute Gasteiger partial charge is 0.270 e. The molecule has 0 fully saturated rings. The molecule has 3 aromatic rings. The zero-order valence-electron chi connectivity index (χ0n) is 12.1. The van der Waals surface area contributed by atoms with E-state index < -0.39 is 5.56 Å². The predicted octanol–water partition coefficient (Wildman–Crippen LogP) is 3.00. The minimum absolute atomic E-state index is 0.00191. The number of hydrogen-bond donors (Lipinski definition) is 1. The Balaban J connectivity index is 1.95. The molecule has 0 aliphatic carbocycles. The summed E-state index contributed by atoms with van der Waals surface area (Å²) in [5, 5.41) is 9.71. The van der Waals surface area contributed by atoms with Crippen molar-refractivity contribution in [3.63, 3.8) is 0 Å². The number of thioether (sulfide) groups is 1. The molecule has 6 heteroatoms. The van der Waals surface area contributed by atoms with Crippen LogP contribution in [0.2, 0.25) is 0 Å². The molecule has 2 heterocycles. The Morgan fingerprint density at radius 1 is 1.17 bits per heavy atom. The van der Waals surface area contributed by atoms with Crippen LogP contribution in [0, 0.1) is 11.3 Å². The number of nitrogens with zero attached hydrogens (tertiary/aromatic N) is 3. The van der Waals surface area contributed by atoms with Crippen LogP contribution in [0.5, 0.6) is 0 Å². The summed E-state index contributed by atoms with van der Waals surface area (Å²) in [6.45, 7) is 0. The summed E-state index contributed by atoms with van der Waals surface area (Å²) in [7, 11) is 0. The Bertz CT molecular complexity index is 901. The Hall–Kier alpha value is -2.91. The third-order valence-electron chi connectivity index (χ3n) is 3.16. The van der Waals surface area contributed by atoms with Crippen molar-refractivity contribution in [3.8, 4) is 17.3 Å². The standard InChI is InChI=1S/C17H12N4OS/c18-9-14-15(13-7-4-8-19-10-13)20-17(21-16(14)22)23-11-12-5-2-1-3-6-12/h1-8,10H,11H2,(H,20,21,22). The van der Waals surface area contributed by atoms with Gasteiger partial charge in [0.2, 0.25) is 0 Å². The third-order valence-corrected chi connectivity index (χ3v) is 4.11. The summed E-state index contributed by atoms with van der Waals surface area (Å²) < 4.78 is 0. The lowest BCUT2D eigenvalue weighted by atomic mass is 10.1. The number of H-pyrrole nitrogens is 1. The average Bonchev–Trinajstić information content (AvgIpc) is 2.61. The van der Waals surface area contributed by atoms with Crippen LogP contribution >= 0.6 is 11.8 Å². The number of aromatic amines is 1. The van der Waals surface area contributed by atoms with E-state index >= 15 is 0 Å². The third kappa shape index (κ3) is 3.47. The normalized spacial score (nSPS) is 10.2. The maximum absolute atomic E-state index is 12.1. The van der Waals surface area contributed by atoms with E-state index in [0.29, 0.717) is 22.2 Å². The van der Waals surface area contributed by atoms with Gasteiger partial charge in [0.25, 0.3) is 5.56 Å². The van der Waals surface area contributed by atoms with Crippen LogP contribution in [0.1, 0.15) is 11.1 Å². The van der Waals surface area contributed by atoms with Crippen LogP contribution in [0.4, 0.5) is 0 Å². The molecule has 0 amide bonds. The van der Waals surface area contributed by atoms with Crippen molar-refractivity contribution in [1.29, 1.82) is 5.26 Å². The van der Waals surface area contributed by atoms with Gasteiger partial charge in [0.05, 0.1) is 5.69 Å². The lowest BCUT2D eigenvalue weighted by Crippen LogP contribution is -2.14. The van der Waals surface area contributed by atoms with Gasteiger partial charge in [-0.1, -0.05) is 42.1 Å². The summed E-state index contributed by atoms with van der Waals surface area (Å²) in [5.74, 6) is 0.683. The molecule has 0 bridgehead atoms. The summed E-state index contributed by atoms with van der Waals surface area (Å²) >= 11 is 1.42. The first-order valence-corrected chi connectivity index (χ1v) is 7.88. The van der Waals surface area contributed by atoms with Crippen molar-refractivity contribution in [2.45, 2.75) is 10.9 Å². The monoisotopic (exact) mass is 320 g/mol. The zero-order valence-corrected chi connectivity index (χ0v) is 12.9. The van der Waals surface area contributed by atoms with Crippen molar-refractivity contribution >= 4 is 11.8 Å². The van der Waals surface area contributed by atoms with E-state index in [-0.39, 0.29) is 5.56 Å². The van der Waals surface area contributed by atoms with E-state index in [9.17, 15) is 10.1 Å². The van der Waals surface area contributed by atoms with Gasteiger partial charge in [-0.05, 0) is 17.7 Å². The Labute approximate surface area is 137 Å². The van der Waals surface area contributed by atoms with Crippen LogP contribution in [0.3, 0.4) is 0 Å². The average molecular weight is 320 g/mol. The lowest BCUT2D eigenvalue weighted by Gasteiger charge is -2.06. The van der Waals surface area contributed by atoms with E-state index in [4.69, 9.17) is 0 Å². The van der Waals surface area contributed by atoms with Crippen molar-refractivity contribution in [1.82, 2.24) is 15.0 Å². The van der Waals surface area contributed by atoms with Gasteiger partial charge in [0, 0.05) is 23.7 Å². The maximum atomic E-state index is 12.1. The first kappa shape index (κ1) is 15.0. The number of nitrogens with one attached hydrogen (secondary N) is 1. The molecular formula is C17H12N4OS. The van der Waals surface area contributed by atoms with E-state index in [2.05, 4.69) is 15.0 Å². The second-order valence-corrected chi connectivity index (χ2v) is 5.69. The molecule has 1 aromatic carbocycles. The van der Waals surface area contributed by atoms with Gasteiger partial charge in [0.15, 0.2) is 5.16 Å². The molecule has 5 nitrogen and oxygen atoms in total. The van der Waals surface area contributed by atoms with Gasteiger partial charge in [-0.15, -0.1) is 0 Å². The summed E-state index contributed by atoms with van der Waals surface area (Å²) in [6.07, 6.45) is 3.22. The molecule has 2 aromatic heterocycles. The van der Waals surface area contributed by atoms with Crippen LogP contribution in [-0.2, 0) is 5.75 Å². The molecule has 0 saturated carbocycles. The first-order chi connectivity index (χ1) is 11.3. The largest absolute Gasteiger partial charge is 0.300 e. The van der Waals surface area contributed by atoms with Crippen molar-refractivity contribution < 1.29 is 0 Å². The highest BCUT2D eigenvalue weighted by Crippen LogP contribution is 2.23. The first-order valence-electron chi connectivity index (χ1n) is 6.89. The van der Waals surface area contributed by atoms with Gasteiger partial charge in [0.1, 0.15) is 11.6 Å². The summed E-state index contributed by atoms with van der Waals surface area (Å²) in [6, 6.07) is 15.3. The van der Waals surface area contributed by atoms with Crippen molar-refractivity contribution in [2.24, 2.45) is 0 Å². The highest BCUT2D eigenvalue weighted by molar-refractivity contribution is 7.98. The van der Waals surface area contributed by atoms with Crippen molar-refractivity contribution in [3.05, 3.63) is 76.3 Å². The number of aromatic nitrogens is 3. The molecule has 0 atom stereocenters. The Morgan fingerprint density at radius 3 is 2.70 bits per heavy atom. The quantitative estimate of drug-likeness (QED) is 0.590. The molecule has 3 rings (SSSR count). The zero-order chi connectivity index (χ0) is 16.1. The maximum Gasteiger partial charge on any atom is 0.270 e. The molecule has 23 heavy (non-hydrogen) atoms. The van der Waals surface area contributed by atoms with Crippen molar-refractivity contribution in [2.75, 3.05) is 0 Å². The van der Waals surface area contributed by atoms with Gasteiger partial charge >= 0.3 is 0 Å². The highest BCUT2D eigenvalue weighted by atomic mass is 32.2. The highest BCUT2D eigenvalue weighted by Gasteiger charge is 2.13. The number of nitriles is 1. The Kier molecular flexibility index (Phi) is 4.50. The molecule has 112 valence electrons. The van der Waals surface area contributed by atoms with Gasteiger partial charge in [-0.3, -0.25) is 9.78 Å². The summed E-state index contributed by atoms with van der Waals surface area (Å²) in [5.41, 5.74) is 1.71. The Morgan fingerprint density at radius 2 is 2.00 bits per heavy atom.